The highest BCUT2D eigenvalue weighted by Gasteiger charge is 2.16. The molecule has 0 aliphatic rings. The average Bonchev–Trinajstić information content (AvgIpc) is 3.53. The molecule has 0 fully saturated rings. The molecule has 9 rings (SSSR count). The first-order chi connectivity index (χ1) is 23.8. The third kappa shape index (κ3) is 5.08. The van der Waals surface area contributed by atoms with Crippen molar-refractivity contribution >= 4 is 49.9 Å². The van der Waals surface area contributed by atoms with Crippen molar-refractivity contribution in [3.63, 3.8) is 0 Å². The summed E-state index contributed by atoms with van der Waals surface area (Å²) >= 11 is 0. The van der Waals surface area contributed by atoms with E-state index in [1.807, 2.05) is 18.3 Å². The molecule has 0 atom stereocenters. The molecule has 9 aromatic rings. The van der Waals surface area contributed by atoms with E-state index in [0.29, 0.717) is 0 Å². The standard InChI is InChI=1S/C45H30N2O/c1-3-8-31(9-4-1)33-13-15-34(16-14-33)36-19-24-40(25-20-36)47(39-22-17-35(18-23-39)32-10-5-2-6-11-32)41-26-21-37-30-44-42(29-38(37)28-41)45-43(48-44)12-7-27-46-45/h1-30H. The predicted octanol–water partition coefficient (Wildman–Crippen LogP) is 12.6. The van der Waals surface area contributed by atoms with Crippen LogP contribution < -0.4 is 4.90 Å². The minimum atomic E-state index is 0.804. The lowest BCUT2D eigenvalue weighted by atomic mass is 10.00. The number of hydrogen-bond donors (Lipinski definition) is 0. The first-order valence-electron chi connectivity index (χ1n) is 16.2. The fourth-order valence-corrected chi connectivity index (χ4v) is 6.64. The van der Waals surface area contributed by atoms with Gasteiger partial charge >= 0.3 is 0 Å². The van der Waals surface area contributed by atoms with Crippen LogP contribution in [0, 0.1) is 0 Å². The summed E-state index contributed by atoms with van der Waals surface area (Å²) in [4.78, 5) is 6.94. The second kappa shape index (κ2) is 11.7. The van der Waals surface area contributed by atoms with Crippen molar-refractivity contribution in [1.29, 1.82) is 0 Å². The highest BCUT2D eigenvalue weighted by Crippen LogP contribution is 2.39. The van der Waals surface area contributed by atoms with Crippen molar-refractivity contribution in [1.82, 2.24) is 4.98 Å². The van der Waals surface area contributed by atoms with Crippen LogP contribution in [0.2, 0.25) is 0 Å². The summed E-state index contributed by atoms with van der Waals surface area (Å²) < 4.78 is 6.13. The fourth-order valence-electron chi connectivity index (χ4n) is 6.64. The molecule has 3 heteroatoms. The number of pyridine rings is 1. The second-order valence-electron chi connectivity index (χ2n) is 12.1. The van der Waals surface area contributed by atoms with Gasteiger partial charge in [0.1, 0.15) is 11.1 Å². The molecule has 0 amide bonds. The Labute approximate surface area is 279 Å². The number of hydrogen-bond acceptors (Lipinski definition) is 3. The average molecular weight is 615 g/mol. The summed E-state index contributed by atoms with van der Waals surface area (Å²) in [5, 5.41) is 3.28. The molecule has 0 saturated heterocycles. The zero-order chi connectivity index (χ0) is 31.9. The Morgan fingerprint density at radius 3 is 1.44 bits per heavy atom. The molecule has 7 aromatic carbocycles. The number of fused-ring (bicyclic) bond motifs is 4. The molecule has 0 unspecified atom stereocenters. The molecular weight excluding hydrogens is 585 g/mol. The Bertz CT molecular complexity index is 2520. The molecule has 226 valence electrons. The van der Waals surface area contributed by atoms with E-state index >= 15 is 0 Å². The SMILES string of the molecule is c1ccc(-c2ccc(-c3ccc(N(c4ccc(-c5ccccc5)cc4)c4ccc5cc6oc7cccnc7c6cc5c4)cc3)cc2)cc1. The quantitative estimate of drug-likeness (QED) is 0.187. The van der Waals surface area contributed by atoms with E-state index in [4.69, 9.17) is 4.42 Å². The molecule has 3 nitrogen and oxygen atoms in total. The van der Waals surface area contributed by atoms with E-state index in [9.17, 15) is 0 Å². The molecule has 48 heavy (non-hydrogen) atoms. The van der Waals surface area contributed by atoms with E-state index in [1.54, 1.807) is 0 Å². The van der Waals surface area contributed by atoms with Gasteiger partial charge in [0, 0.05) is 28.6 Å². The van der Waals surface area contributed by atoms with E-state index in [-0.39, 0.29) is 0 Å². The van der Waals surface area contributed by atoms with E-state index in [2.05, 4.69) is 174 Å². The van der Waals surface area contributed by atoms with Gasteiger partial charge in [-0.1, -0.05) is 115 Å². The van der Waals surface area contributed by atoms with Gasteiger partial charge in [0.15, 0.2) is 5.58 Å². The topological polar surface area (TPSA) is 29.3 Å². The van der Waals surface area contributed by atoms with Crippen LogP contribution in [0.5, 0.6) is 0 Å². The van der Waals surface area contributed by atoms with Gasteiger partial charge in [-0.05, 0) is 105 Å². The Morgan fingerprint density at radius 1 is 0.375 bits per heavy atom. The summed E-state index contributed by atoms with van der Waals surface area (Å²) in [5.74, 6) is 0. The van der Waals surface area contributed by atoms with Gasteiger partial charge in [-0.25, -0.2) is 0 Å². The Hall–Kier alpha value is -6.45. The van der Waals surface area contributed by atoms with Crippen molar-refractivity contribution < 1.29 is 4.42 Å². The highest BCUT2D eigenvalue weighted by atomic mass is 16.3. The molecule has 0 aliphatic carbocycles. The maximum absolute atomic E-state index is 6.13. The van der Waals surface area contributed by atoms with Gasteiger partial charge in [0.05, 0.1) is 0 Å². The van der Waals surface area contributed by atoms with Crippen LogP contribution in [-0.2, 0) is 0 Å². The molecule has 2 aromatic heterocycles. The molecule has 0 aliphatic heterocycles. The number of furan rings is 1. The molecule has 0 saturated carbocycles. The molecule has 2 heterocycles. The Kier molecular flexibility index (Phi) is 6.80. The molecule has 0 radical (unpaired) electrons. The van der Waals surface area contributed by atoms with Crippen molar-refractivity contribution in [2.75, 3.05) is 4.90 Å². The number of benzene rings is 7. The molecule has 0 bridgehead atoms. The van der Waals surface area contributed by atoms with E-state index in [1.165, 1.54) is 33.4 Å². The summed E-state index contributed by atoms with van der Waals surface area (Å²) in [6.07, 6.45) is 1.82. The largest absolute Gasteiger partial charge is 0.454 e. The number of rotatable bonds is 6. The zero-order valence-corrected chi connectivity index (χ0v) is 26.1. The van der Waals surface area contributed by atoms with E-state index < -0.39 is 0 Å². The first kappa shape index (κ1) is 27.8. The lowest BCUT2D eigenvalue weighted by Gasteiger charge is -2.26. The lowest BCUT2D eigenvalue weighted by Crippen LogP contribution is -2.09. The minimum Gasteiger partial charge on any atom is -0.454 e. The van der Waals surface area contributed by atoms with Crippen LogP contribution in [-0.4, -0.2) is 4.98 Å². The maximum Gasteiger partial charge on any atom is 0.153 e. The normalized spacial score (nSPS) is 11.3. The number of anilines is 3. The van der Waals surface area contributed by atoms with Gasteiger partial charge in [-0.2, -0.15) is 0 Å². The van der Waals surface area contributed by atoms with Gasteiger partial charge in [0.2, 0.25) is 0 Å². The lowest BCUT2D eigenvalue weighted by molar-refractivity contribution is 0.668. The smallest absolute Gasteiger partial charge is 0.153 e. The second-order valence-corrected chi connectivity index (χ2v) is 12.1. The van der Waals surface area contributed by atoms with Crippen LogP contribution in [0.1, 0.15) is 0 Å². The van der Waals surface area contributed by atoms with Gasteiger partial charge in [-0.3, -0.25) is 4.98 Å². The van der Waals surface area contributed by atoms with Gasteiger partial charge in [-0.15, -0.1) is 0 Å². The summed E-state index contributed by atoms with van der Waals surface area (Å²) in [6, 6.07) is 62.3. The maximum atomic E-state index is 6.13. The number of aromatic nitrogens is 1. The van der Waals surface area contributed by atoms with Gasteiger partial charge in [0.25, 0.3) is 0 Å². The monoisotopic (exact) mass is 614 g/mol. The van der Waals surface area contributed by atoms with Crippen LogP contribution in [0.3, 0.4) is 0 Å². The van der Waals surface area contributed by atoms with Crippen LogP contribution in [0.15, 0.2) is 187 Å². The summed E-state index contributed by atoms with van der Waals surface area (Å²) in [5.41, 5.74) is 13.0. The Balaban J connectivity index is 1.12. The number of nitrogens with zero attached hydrogens (tertiary/aromatic N) is 2. The van der Waals surface area contributed by atoms with Crippen molar-refractivity contribution in [3.05, 3.63) is 182 Å². The predicted molar refractivity (Wildman–Crippen MR) is 200 cm³/mol. The molecule has 0 spiro atoms. The van der Waals surface area contributed by atoms with Crippen molar-refractivity contribution in [2.45, 2.75) is 0 Å². The third-order valence-corrected chi connectivity index (χ3v) is 9.11. The van der Waals surface area contributed by atoms with Crippen molar-refractivity contribution in [3.8, 4) is 33.4 Å². The van der Waals surface area contributed by atoms with Crippen LogP contribution in [0.4, 0.5) is 17.1 Å². The van der Waals surface area contributed by atoms with Gasteiger partial charge < -0.3 is 9.32 Å². The highest BCUT2D eigenvalue weighted by molar-refractivity contribution is 6.08. The van der Waals surface area contributed by atoms with Crippen molar-refractivity contribution in [2.24, 2.45) is 0 Å². The summed E-state index contributed by atoms with van der Waals surface area (Å²) in [7, 11) is 0. The summed E-state index contributed by atoms with van der Waals surface area (Å²) in [6.45, 7) is 0. The van der Waals surface area contributed by atoms with Crippen LogP contribution >= 0.6 is 0 Å². The molecular formula is C45H30N2O. The first-order valence-corrected chi connectivity index (χ1v) is 16.2. The molecule has 0 N–H and O–H groups in total. The minimum absolute atomic E-state index is 0.804. The Morgan fingerprint density at radius 2 is 0.875 bits per heavy atom. The third-order valence-electron chi connectivity index (χ3n) is 9.11. The van der Waals surface area contributed by atoms with Crippen LogP contribution in [0.25, 0.3) is 66.2 Å². The fraction of sp³-hybridized carbons (Fsp3) is 0. The van der Waals surface area contributed by atoms with E-state index in [0.717, 1.165) is 49.9 Å². The zero-order valence-electron chi connectivity index (χ0n) is 26.1.